The van der Waals surface area contributed by atoms with Crippen molar-refractivity contribution in [1.82, 2.24) is 4.90 Å². The summed E-state index contributed by atoms with van der Waals surface area (Å²) >= 11 is 0. The molecule has 0 aromatic carbocycles. The second-order valence-corrected chi connectivity index (χ2v) is 6.54. The molecule has 1 aliphatic rings. The molecule has 0 spiro atoms. The highest BCUT2D eigenvalue weighted by atomic mass is 16.6. The van der Waals surface area contributed by atoms with Gasteiger partial charge in [0.25, 0.3) is 0 Å². The number of nitrogens with zero attached hydrogens (tertiary/aromatic N) is 1. The number of hydrogen-bond donors (Lipinski definition) is 1. The van der Waals surface area contributed by atoms with Gasteiger partial charge in [-0.15, -0.1) is 6.58 Å². The number of carbonyl (C=O) groups is 1. The largest absolute Gasteiger partial charge is 0.465 e. The molecule has 1 amide bonds. The van der Waals surface area contributed by atoms with Gasteiger partial charge in [0.2, 0.25) is 0 Å². The predicted octanol–water partition coefficient (Wildman–Crippen LogP) is 3.34. The van der Waals surface area contributed by atoms with Gasteiger partial charge in [-0.3, -0.25) is 4.90 Å². The second kappa shape index (κ2) is 4.57. The van der Waals surface area contributed by atoms with E-state index >= 15 is 0 Å². The average molecular weight is 255 g/mol. The number of amides is 1. The van der Waals surface area contributed by atoms with Crippen molar-refractivity contribution in [3.8, 4) is 0 Å². The first-order chi connectivity index (χ1) is 8.02. The van der Waals surface area contributed by atoms with Gasteiger partial charge in [0.1, 0.15) is 5.72 Å². The third kappa shape index (κ3) is 2.53. The Kier molecular flexibility index (Phi) is 3.82. The van der Waals surface area contributed by atoms with Gasteiger partial charge in [-0.05, 0) is 26.2 Å². The average Bonchev–Trinajstić information content (AvgIpc) is 2.34. The Bertz CT molecular complexity index is 343. The second-order valence-electron chi connectivity index (χ2n) is 6.54. The van der Waals surface area contributed by atoms with Crippen molar-refractivity contribution >= 4 is 6.09 Å². The van der Waals surface area contributed by atoms with Crippen molar-refractivity contribution in [2.24, 2.45) is 11.3 Å². The van der Waals surface area contributed by atoms with Crippen LogP contribution in [0.4, 0.5) is 4.79 Å². The molecule has 1 fully saturated rings. The summed E-state index contributed by atoms with van der Waals surface area (Å²) in [5, 5.41) is 9.46. The molecule has 0 aromatic heterocycles. The first-order valence-electron chi connectivity index (χ1n) is 6.35. The van der Waals surface area contributed by atoms with Gasteiger partial charge in [-0.2, -0.15) is 0 Å². The van der Waals surface area contributed by atoms with Crippen LogP contribution in [-0.2, 0) is 4.74 Å². The molecule has 1 saturated heterocycles. The lowest BCUT2D eigenvalue weighted by molar-refractivity contribution is -0.0623. The molecule has 0 aliphatic carbocycles. The maximum absolute atomic E-state index is 11.5. The lowest BCUT2D eigenvalue weighted by Crippen LogP contribution is -2.52. The summed E-state index contributed by atoms with van der Waals surface area (Å²) in [5.74, 6) is 0.0466. The number of rotatable bonds is 2. The molecule has 18 heavy (non-hydrogen) atoms. The van der Waals surface area contributed by atoms with Crippen LogP contribution in [0.2, 0.25) is 0 Å². The zero-order valence-electron chi connectivity index (χ0n) is 12.2. The molecule has 4 nitrogen and oxygen atoms in total. The van der Waals surface area contributed by atoms with E-state index in [9.17, 15) is 9.90 Å². The van der Waals surface area contributed by atoms with Crippen molar-refractivity contribution in [2.45, 2.75) is 59.4 Å². The highest BCUT2D eigenvalue weighted by molar-refractivity contribution is 5.67. The van der Waals surface area contributed by atoms with E-state index < -0.39 is 11.8 Å². The van der Waals surface area contributed by atoms with Gasteiger partial charge in [0, 0.05) is 5.92 Å². The Morgan fingerprint density at radius 2 is 2.00 bits per heavy atom. The van der Waals surface area contributed by atoms with Gasteiger partial charge in [0.15, 0.2) is 0 Å². The Labute approximate surface area is 110 Å². The zero-order valence-corrected chi connectivity index (χ0v) is 12.2. The first-order valence-corrected chi connectivity index (χ1v) is 6.35. The lowest BCUT2D eigenvalue weighted by atomic mass is 9.74. The van der Waals surface area contributed by atoms with Crippen molar-refractivity contribution < 1.29 is 14.6 Å². The van der Waals surface area contributed by atoms with Crippen LogP contribution in [0, 0.1) is 11.3 Å². The zero-order chi connectivity index (χ0) is 14.3. The minimum Gasteiger partial charge on any atom is -0.465 e. The van der Waals surface area contributed by atoms with Gasteiger partial charge >= 0.3 is 6.09 Å². The molecule has 1 heterocycles. The maximum Gasteiger partial charge on any atom is 0.409 e. The molecule has 104 valence electrons. The molecule has 0 radical (unpaired) electrons. The van der Waals surface area contributed by atoms with Crippen LogP contribution in [0.15, 0.2) is 12.7 Å². The van der Waals surface area contributed by atoms with Crippen molar-refractivity contribution in [2.75, 3.05) is 0 Å². The van der Waals surface area contributed by atoms with E-state index in [4.69, 9.17) is 4.74 Å². The summed E-state index contributed by atoms with van der Waals surface area (Å²) in [7, 11) is 0. The molecule has 4 heteroatoms. The molecule has 1 unspecified atom stereocenters. The van der Waals surface area contributed by atoms with Gasteiger partial charge in [-0.25, -0.2) is 4.79 Å². The van der Waals surface area contributed by atoms with Crippen LogP contribution < -0.4 is 0 Å². The van der Waals surface area contributed by atoms with Crippen LogP contribution in [0.3, 0.4) is 0 Å². The number of ether oxygens (including phenoxy) is 1. The fourth-order valence-corrected chi connectivity index (χ4v) is 2.97. The highest BCUT2D eigenvalue weighted by Crippen LogP contribution is 2.42. The molecule has 1 N–H and O–H groups in total. The minimum atomic E-state index is -0.939. The predicted molar refractivity (Wildman–Crippen MR) is 71.4 cm³/mol. The fourth-order valence-electron chi connectivity index (χ4n) is 2.97. The fraction of sp³-hybridized carbons (Fsp3) is 0.786. The van der Waals surface area contributed by atoms with Crippen molar-refractivity contribution in [1.29, 1.82) is 0 Å². The summed E-state index contributed by atoms with van der Waals surface area (Å²) in [6, 6.07) is -0.199. The van der Waals surface area contributed by atoms with Crippen LogP contribution >= 0.6 is 0 Å². The topological polar surface area (TPSA) is 49.8 Å². The Morgan fingerprint density at radius 1 is 1.50 bits per heavy atom. The van der Waals surface area contributed by atoms with Crippen molar-refractivity contribution in [3.63, 3.8) is 0 Å². The van der Waals surface area contributed by atoms with Gasteiger partial charge in [-0.1, -0.05) is 26.8 Å². The Balaban J connectivity index is 3.19. The van der Waals surface area contributed by atoms with Crippen LogP contribution in [0.1, 0.15) is 41.5 Å². The summed E-state index contributed by atoms with van der Waals surface area (Å²) in [6.45, 7) is 15.7. The number of hydrogen-bond acceptors (Lipinski definition) is 2. The minimum absolute atomic E-state index is 0.0466. The third-order valence-corrected chi connectivity index (χ3v) is 3.66. The van der Waals surface area contributed by atoms with Crippen LogP contribution in [0.5, 0.6) is 0 Å². The molecule has 0 saturated carbocycles. The smallest absolute Gasteiger partial charge is 0.409 e. The van der Waals surface area contributed by atoms with Gasteiger partial charge in [0.05, 0.1) is 12.1 Å². The highest BCUT2D eigenvalue weighted by Gasteiger charge is 2.52. The number of carboxylic acid groups (broad SMARTS) is 1. The molecule has 0 bridgehead atoms. The van der Waals surface area contributed by atoms with E-state index in [1.165, 1.54) is 4.90 Å². The van der Waals surface area contributed by atoms with E-state index in [1.807, 2.05) is 13.0 Å². The Hall–Kier alpha value is -1.03. The van der Waals surface area contributed by atoms with E-state index in [0.29, 0.717) is 0 Å². The lowest BCUT2D eigenvalue weighted by Gasteiger charge is -2.39. The molecule has 3 atom stereocenters. The Morgan fingerprint density at radius 3 is 2.33 bits per heavy atom. The molecule has 1 rings (SSSR count). The monoisotopic (exact) mass is 255 g/mol. The molecular weight excluding hydrogens is 230 g/mol. The molecular formula is C14H25NO3. The van der Waals surface area contributed by atoms with Gasteiger partial charge < -0.3 is 9.84 Å². The third-order valence-electron chi connectivity index (χ3n) is 3.66. The normalized spacial score (nSPS) is 29.1. The quantitative estimate of drug-likeness (QED) is 0.770. The van der Waals surface area contributed by atoms with E-state index in [1.54, 1.807) is 13.8 Å². The summed E-state index contributed by atoms with van der Waals surface area (Å²) < 4.78 is 5.81. The maximum atomic E-state index is 11.5. The SMILES string of the molecule is C=CC([C@H]1[C@H](C)OC(C)(C)N1C(=O)O)C(C)(C)C. The first kappa shape index (κ1) is 15.0. The summed E-state index contributed by atoms with van der Waals surface area (Å²) in [5.41, 5.74) is -0.847. The van der Waals surface area contributed by atoms with Crippen LogP contribution in [0.25, 0.3) is 0 Å². The summed E-state index contributed by atoms with van der Waals surface area (Å²) in [6.07, 6.45) is 0.769. The van der Waals surface area contributed by atoms with E-state index in [-0.39, 0.29) is 23.5 Å². The van der Waals surface area contributed by atoms with Crippen LogP contribution in [-0.4, -0.2) is 34.0 Å². The molecule has 1 aliphatic heterocycles. The standard InChI is InChI=1S/C14H25NO3/c1-8-10(13(3,4)5)11-9(2)18-14(6,7)15(11)12(16)17/h8-11H,1H2,2-7H3,(H,16,17)/t9-,10?,11+/m0/s1. The van der Waals surface area contributed by atoms with E-state index in [0.717, 1.165) is 0 Å². The van der Waals surface area contributed by atoms with E-state index in [2.05, 4.69) is 27.4 Å². The summed E-state index contributed by atoms with van der Waals surface area (Å²) in [4.78, 5) is 13.0. The van der Waals surface area contributed by atoms with Crippen molar-refractivity contribution in [3.05, 3.63) is 12.7 Å². The molecule has 0 aromatic rings.